The van der Waals surface area contributed by atoms with Crippen LogP contribution in [0.3, 0.4) is 0 Å². The fourth-order valence-corrected chi connectivity index (χ4v) is 1.72. The van der Waals surface area contributed by atoms with Crippen LogP contribution >= 0.6 is 15.9 Å². The second-order valence-electron chi connectivity index (χ2n) is 3.94. The van der Waals surface area contributed by atoms with Gasteiger partial charge in [0.2, 0.25) is 5.91 Å². The number of hydrogen-bond acceptors (Lipinski definition) is 3. The quantitative estimate of drug-likeness (QED) is 0.498. The zero-order valence-electron chi connectivity index (χ0n) is 10.00. The van der Waals surface area contributed by atoms with Gasteiger partial charge in [-0.25, -0.2) is 5.84 Å². The molecule has 1 aromatic carbocycles. The van der Waals surface area contributed by atoms with E-state index >= 15 is 0 Å². The Bertz CT molecular complexity index is 396. The minimum atomic E-state index is -0.175. The fraction of sp³-hybridized carbons (Fsp3) is 0.417. The molecule has 94 valence electrons. The average molecular weight is 301 g/mol. The van der Waals surface area contributed by atoms with Crippen LogP contribution in [0.1, 0.15) is 25.3 Å². The van der Waals surface area contributed by atoms with Crippen LogP contribution in [0.15, 0.2) is 22.7 Å². The van der Waals surface area contributed by atoms with Gasteiger partial charge in [-0.2, -0.15) is 0 Å². The molecule has 0 bridgehead atoms. The smallest absolute Gasteiger partial charge is 0.234 e. The van der Waals surface area contributed by atoms with Crippen molar-refractivity contribution in [2.24, 2.45) is 5.84 Å². The summed E-state index contributed by atoms with van der Waals surface area (Å²) in [6, 6.07) is 5.88. The molecule has 1 amide bonds. The maximum absolute atomic E-state index is 11.0. The summed E-state index contributed by atoms with van der Waals surface area (Å²) >= 11 is 3.40. The largest absolute Gasteiger partial charge is 0.490 e. The number of carbonyl (C=O) groups excluding carboxylic acids is 1. The number of amides is 1. The summed E-state index contributed by atoms with van der Waals surface area (Å²) in [6.07, 6.45) is 0.972. The zero-order valence-corrected chi connectivity index (χ0v) is 11.6. The molecule has 0 aliphatic rings. The van der Waals surface area contributed by atoms with Crippen LogP contribution in [0.4, 0.5) is 0 Å². The van der Waals surface area contributed by atoms with Crippen molar-refractivity contribution in [2.75, 3.05) is 0 Å². The molecule has 1 aromatic rings. The van der Waals surface area contributed by atoms with Crippen molar-refractivity contribution in [3.8, 4) is 5.75 Å². The first-order chi connectivity index (χ1) is 8.02. The Hall–Kier alpha value is -1.07. The molecule has 1 unspecified atom stereocenters. The number of aryl methyl sites for hydroxylation is 1. The van der Waals surface area contributed by atoms with Gasteiger partial charge >= 0.3 is 0 Å². The molecule has 3 N–H and O–H groups in total. The first-order valence-electron chi connectivity index (χ1n) is 5.45. The Morgan fingerprint density at radius 3 is 2.94 bits per heavy atom. The summed E-state index contributed by atoms with van der Waals surface area (Å²) in [5, 5.41) is 0. The summed E-state index contributed by atoms with van der Waals surface area (Å²) in [7, 11) is 0. The van der Waals surface area contributed by atoms with E-state index in [4.69, 9.17) is 10.6 Å². The fourth-order valence-electron chi connectivity index (χ4n) is 1.38. The third-order valence-corrected chi connectivity index (χ3v) is 2.91. The summed E-state index contributed by atoms with van der Waals surface area (Å²) in [5.41, 5.74) is 3.18. The van der Waals surface area contributed by atoms with E-state index < -0.39 is 0 Å². The summed E-state index contributed by atoms with van der Waals surface area (Å²) < 4.78 is 6.75. The summed E-state index contributed by atoms with van der Waals surface area (Å²) in [6.45, 7) is 3.92. The van der Waals surface area contributed by atoms with E-state index in [1.807, 2.05) is 32.0 Å². The van der Waals surface area contributed by atoms with Gasteiger partial charge in [0.15, 0.2) is 0 Å². The van der Waals surface area contributed by atoms with E-state index in [-0.39, 0.29) is 12.0 Å². The summed E-state index contributed by atoms with van der Waals surface area (Å²) in [5.74, 6) is 5.67. The summed E-state index contributed by atoms with van der Waals surface area (Å²) in [4.78, 5) is 11.0. The van der Waals surface area contributed by atoms with Gasteiger partial charge in [-0.15, -0.1) is 0 Å². The second kappa shape index (κ2) is 6.61. The van der Waals surface area contributed by atoms with Crippen molar-refractivity contribution in [3.63, 3.8) is 0 Å². The third-order valence-electron chi connectivity index (χ3n) is 2.42. The molecule has 0 aliphatic carbocycles. The molecule has 0 saturated carbocycles. The maximum atomic E-state index is 11.0. The maximum Gasteiger partial charge on any atom is 0.234 e. The zero-order chi connectivity index (χ0) is 12.8. The van der Waals surface area contributed by atoms with E-state index in [0.717, 1.165) is 15.8 Å². The van der Waals surface area contributed by atoms with Gasteiger partial charge in [0.05, 0.1) is 6.10 Å². The predicted octanol–water partition coefficient (Wildman–Crippen LogP) is 2.29. The van der Waals surface area contributed by atoms with Crippen LogP contribution in [0.25, 0.3) is 0 Å². The lowest BCUT2D eigenvalue weighted by Crippen LogP contribution is -2.30. The van der Waals surface area contributed by atoms with Crippen molar-refractivity contribution < 1.29 is 9.53 Å². The molecular weight excluding hydrogens is 284 g/mol. The normalized spacial score (nSPS) is 12.0. The Morgan fingerprint density at radius 2 is 2.29 bits per heavy atom. The molecule has 17 heavy (non-hydrogen) atoms. The third kappa shape index (κ3) is 4.75. The second-order valence-corrected chi connectivity index (χ2v) is 4.86. The van der Waals surface area contributed by atoms with Crippen molar-refractivity contribution in [2.45, 2.75) is 32.8 Å². The number of rotatable bonds is 5. The number of nitrogens with two attached hydrogens (primary N) is 1. The predicted molar refractivity (Wildman–Crippen MR) is 70.5 cm³/mol. The van der Waals surface area contributed by atoms with E-state index in [9.17, 15) is 4.79 Å². The van der Waals surface area contributed by atoms with E-state index in [1.165, 1.54) is 0 Å². The number of hydrogen-bond donors (Lipinski definition) is 2. The lowest BCUT2D eigenvalue weighted by molar-refractivity contribution is -0.121. The molecule has 0 fully saturated rings. The molecule has 5 heteroatoms. The molecule has 0 aliphatic heterocycles. The van der Waals surface area contributed by atoms with Crippen LogP contribution < -0.4 is 16.0 Å². The van der Waals surface area contributed by atoms with Crippen molar-refractivity contribution in [3.05, 3.63) is 28.2 Å². The van der Waals surface area contributed by atoms with Gasteiger partial charge in [0.25, 0.3) is 0 Å². The molecule has 4 nitrogen and oxygen atoms in total. The number of halogens is 1. The van der Waals surface area contributed by atoms with Gasteiger partial charge in [-0.1, -0.05) is 22.0 Å². The van der Waals surface area contributed by atoms with Crippen LogP contribution in [0.5, 0.6) is 5.75 Å². The molecule has 0 heterocycles. The number of ether oxygens (including phenoxy) is 1. The number of nitrogens with one attached hydrogen (secondary N) is 1. The molecule has 1 atom stereocenters. The molecule has 0 saturated heterocycles. The highest BCUT2D eigenvalue weighted by atomic mass is 79.9. The van der Waals surface area contributed by atoms with Gasteiger partial charge in [0, 0.05) is 10.9 Å². The molecule has 0 radical (unpaired) electrons. The van der Waals surface area contributed by atoms with Crippen LogP contribution in [-0.2, 0) is 4.79 Å². The van der Waals surface area contributed by atoms with Crippen LogP contribution in [-0.4, -0.2) is 12.0 Å². The molecule has 1 rings (SSSR count). The lowest BCUT2D eigenvalue weighted by Gasteiger charge is -2.16. The SMILES string of the molecule is Cc1ccc(Br)cc1OC(C)CCC(=O)NN. The van der Waals surface area contributed by atoms with E-state index in [2.05, 4.69) is 21.4 Å². The number of hydrazine groups is 1. The van der Waals surface area contributed by atoms with Gasteiger partial charge in [0.1, 0.15) is 5.75 Å². The highest BCUT2D eigenvalue weighted by Gasteiger charge is 2.09. The monoisotopic (exact) mass is 300 g/mol. The van der Waals surface area contributed by atoms with Crippen molar-refractivity contribution in [1.29, 1.82) is 0 Å². The lowest BCUT2D eigenvalue weighted by atomic mass is 10.2. The Kier molecular flexibility index (Phi) is 5.44. The molecular formula is C12H17BrN2O2. The highest BCUT2D eigenvalue weighted by Crippen LogP contribution is 2.24. The highest BCUT2D eigenvalue weighted by molar-refractivity contribution is 9.10. The standard InChI is InChI=1S/C12H17BrN2O2/c1-8-3-5-10(13)7-11(8)17-9(2)4-6-12(16)15-14/h3,5,7,9H,4,6,14H2,1-2H3,(H,15,16). The Labute approximate surface area is 110 Å². The van der Waals surface area contributed by atoms with Crippen molar-refractivity contribution in [1.82, 2.24) is 5.43 Å². The minimum Gasteiger partial charge on any atom is -0.490 e. The average Bonchev–Trinajstić information content (AvgIpc) is 2.30. The molecule has 0 aromatic heterocycles. The van der Waals surface area contributed by atoms with Crippen LogP contribution in [0, 0.1) is 6.92 Å². The van der Waals surface area contributed by atoms with Gasteiger partial charge in [-0.3, -0.25) is 10.2 Å². The van der Waals surface area contributed by atoms with E-state index in [0.29, 0.717) is 12.8 Å². The van der Waals surface area contributed by atoms with Crippen LogP contribution in [0.2, 0.25) is 0 Å². The first kappa shape index (κ1) is 14.0. The topological polar surface area (TPSA) is 64.3 Å². The van der Waals surface area contributed by atoms with E-state index in [1.54, 1.807) is 0 Å². The Morgan fingerprint density at radius 1 is 1.59 bits per heavy atom. The number of carbonyl (C=O) groups is 1. The number of benzene rings is 1. The minimum absolute atomic E-state index is 0.0275. The van der Waals surface area contributed by atoms with Gasteiger partial charge in [-0.05, 0) is 38.0 Å². The molecule has 0 spiro atoms. The first-order valence-corrected chi connectivity index (χ1v) is 6.24. The van der Waals surface area contributed by atoms with Gasteiger partial charge < -0.3 is 4.74 Å². The van der Waals surface area contributed by atoms with Crippen molar-refractivity contribution >= 4 is 21.8 Å². The Balaban J connectivity index is 2.52.